The van der Waals surface area contributed by atoms with E-state index in [0.29, 0.717) is 13.1 Å². The van der Waals surface area contributed by atoms with Gasteiger partial charge in [-0.2, -0.15) is 0 Å². The number of esters is 1. The fourth-order valence-corrected chi connectivity index (χ4v) is 2.16. The Morgan fingerprint density at radius 2 is 1.50 bits per heavy atom. The van der Waals surface area contributed by atoms with Crippen LogP contribution in [0.5, 0.6) is 0 Å². The predicted molar refractivity (Wildman–Crippen MR) is 77.4 cm³/mol. The normalized spacial score (nSPS) is 17.5. The quantitative estimate of drug-likeness (QED) is 0.700. The Kier molecular flexibility index (Phi) is 6.95. The molecule has 0 saturated carbocycles. The van der Waals surface area contributed by atoms with Crippen molar-refractivity contribution in [2.75, 3.05) is 39.3 Å². The van der Waals surface area contributed by atoms with Crippen LogP contribution in [0.4, 0.5) is 0 Å². The van der Waals surface area contributed by atoms with E-state index in [2.05, 4.69) is 15.1 Å². The lowest BCUT2D eigenvalue weighted by molar-refractivity contribution is -0.149. The van der Waals surface area contributed by atoms with E-state index in [9.17, 15) is 9.59 Å². The first-order chi connectivity index (χ1) is 9.36. The molecular formula is C14H27N3O3. The van der Waals surface area contributed by atoms with Crippen molar-refractivity contribution in [3.63, 3.8) is 0 Å². The molecule has 20 heavy (non-hydrogen) atoms. The van der Waals surface area contributed by atoms with Gasteiger partial charge in [0.05, 0.1) is 19.2 Å². The molecular weight excluding hydrogens is 258 g/mol. The Labute approximate surface area is 121 Å². The van der Waals surface area contributed by atoms with Gasteiger partial charge in [-0.1, -0.05) is 0 Å². The summed E-state index contributed by atoms with van der Waals surface area (Å²) in [6, 6.07) is 0.176. The Hall–Kier alpha value is -1.14. The zero-order valence-electron chi connectivity index (χ0n) is 13.0. The third-order valence-electron chi connectivity index (χ3n) is 3.00. The lowest BCUT2D eigenvalue weighted by Gasteiger charge is -2.33. The van der Waals surface area contributed by atoms with Gasteiger partial charge >= 0.3 is 5.97 Å². The molecule has 0 unspecified atom stereocenters. The number of carbonyl (C=O) groups excluding carboxylic acids is 2. The number of rotatable bonds is 6. The van der Waals surface area contributed by atoms with E-state index >= 15 is 0 Å². The molecule has 0 aromatic heterocycles. The number of hydrogen-bond donors (Lipinski definition) is 1. The topological polar surface area (TPSA) is 61.9 Å². The van der Waals surface area contributed by atoms with Crippen LogP contribution in [0.2, 0.25) is 0 Å². The summed E-state index contributed by atoms with van der Waals surface area (Å²) in [7, 11) is 0. The van der Waals surface area contributed by atoms with Crippen LogP contribution < -0.4 is 5.32 Å². The minimum atomic E-state index is -0.175. The maximum absolute atomic E-state index is 11.7. The van der Waals surface area contributed by atoms with Crippen molar-refractivity contribution in [1.29, 1.82) is 0 Å². The molecule has 0 radical (unpaired) electrons. The monoisotopic (exact) mass is 285 g/mol. The molecule has 0 aromatic carbocycles. The van der Waals surface area contributed by atoms with Gasteiger partial charge in [-0.25, -0.2) is 0 Å². The van der Waals surface area contributed by atoms with Gasteiger partial charge in [0.15, 0.2) is 0 Å². The smallest absolute Gasteiger partial charge is 0.320 e. The van der Waals surface area contributed by atoms with Gasteiger partial charge in [0.1, 0.15) is 0 Å². The first-order valence-corrected chi connectivity index (χ1v) is 7.30. The molecule has 0 aromatic rings. The number of ether oxygens (including phenoxy) is 1. The highest BCUT2D eigenvalue weighted by molar-refractivity contribution is 5.78. The molecule has 0 spiro atoms. The third-order valence-corrected chi connectivity index (χ3v) is 3.00. The van der Waals surface area contributed by atoms with E-state index in [0.717, 1.165) is 26.2 Å². The summed E-state index contributed by atoms with van der Waals surface area (Å²) in [6.07, 6.45) is -0.0662. The summed E-state index contributed by atoms with van der Waals surface area (Å²) in [4.78, 5) is 27.4. The first-order valence-electron chi connectivity index (χ1n) is 7.30. The van der Waals surface area contributed by atoms with E-state index in [-0.39, 0.29) is 24.0 Å². The van der Waals surface area contributed by atoms with Crippen molar-refractivity contribution < 1.29 is 14.3 Å². The van der Waals surface area contributed by atoms with Crippen molar-refractivity contribution >= 4 is 11.9 Å². The average molecular weight is 285 g/mol. The van der Waals surface area contributed by atoms with Crippen LogP contribution in [-0.2, 0) is 14.3 Å². The van der Waals surface area contributed by atoms with E-state index in [1.165, 1.54) is 0 Å². The molecule has 6 nitrogen and oxygen atoms in total. The fourth-order valence-electron chi connectivity index (χ4n) is 2.16. The molecule has 1 fully saturated rings. The van der Waals surface area contributed by atoms with Gasteiger partial charge in [0.25, 0.3) is 0 Å². The van der Waals surface area contributed by atoms with E-state index in [1.54, 1.807) is 0 Å². The van der Waals surface area contributed by atoms with Crippen LogP contribution in [0.1, 0.15) is 27.7 Å². The molecule has 6 heteroatoms. The van der Waals surface area contributed by atoms with E-state index in [4.69, 9.17) is 4.74 Å². The Bertz CT molecular complexity index is 292. The lowest BCUT2D eigenvalue weighted by atomic mass is 10.3. The fraction of sp³-hybridized carbons (Fsp3) is 0.857. The highest BCUT2D eigenvalue weighted by atomic mass is 16.5. The highest BCUT2D eigenvalue weighted by Gasteiger charge is 2.21. The average Bonchev–Trinajstić information content (AvgIpc) is 2.29. The molecule has 0 aliphatic carbocycles. The number of nitrogens with zero attached hydrogens (tertiary/aromatic N) is 2. The molecule has 1 aliphatic rings. The zero-order chi connectivity index (χ0) is 15.1. The summed E-state index contributed by atoms with van der Waals surface area (Å²) < 4.78 is 5.13. The van der Waals surface area contributed by atoms with Gasteiger partial charge in [0, 0.05) is 32.2 Å². The molecule has 0 atom stereocenters. The summed E-state index contributed by atoms with van der Waals surface area (Å²) in [5.74, 6) is -0.112. The van der Waals surface area contributed by atoms with E-state index < -0.39 is 0 Å². The van der Waals surface area contributed by atoms with E-state index in [1.807, 2.05) is 27.7 Å². The lowest BCUT2D eigenvalue weighted by Crippen LogP contribution is -2.51. The number of carbonyl (C=O) groups is 2. The van der Waals surface area contributed by atoms with Crippen molar-refractivity contribution in [3.05, 3.63) is 0 Å². The van der Waals surface area contributed by atoms with Gasteiger partial charge < -0.3 is 10.1 Å². The summed E-state index contributed by atoms with van der Waals surface area (Å²) in [5, 5.41) is 2.89. The van der Waals surface area contributed by atoms with Crippen LogP contribution in [0.25, 0.3) is 0 Å². The van der Waals surface area contributed by atoms with Gasteiger partial charge in [-0.3, -0.25) is 19.4 Å². The molecule has 1 rings (SSSR count). The van der Waals surface area contributed by atoms with Crippen LogP contribution in [0.3, 0.4) is 0 Å². The summed E-state index contributed by atoms with van der Waals surface area (Å²) >= 11 is 0. The molecule has 1 heterocycles. The van der Waals surface area contributed by atoms with Crippen molar-refractivity contribution in [3.8, 4) is 0 Å². The second-order valence-corrected chi connectivity index (χ2v) is 5.81. The van der Waals surface area contributed by atoms with Gasteiger partial charge in [0.2, 0.25) is 5.91 Å². The Morgan fingerprint density at radius 1 is 1.00 bits per heavy atom. The second-order valence-electron chi connectivity index (χ2n) is 5.81. The predicted octanol–water partition coefficient (Wildman–Crippen LogP) is 0.0802. The third kappa shape index (κ3) is 6.86. The SMILES string of the molecule is CC(C)NC(=O)CN1CCN(CC(=O)OC(C)C)CC1. The number of nitrogens with one attached hydrogen (secondary N) is 1. The maximum Gasteiger partial charge on any atom is 0.320 e. The maximum atomic E-state index is 11.7. The molecule has 1 N–H and O–H groups in total. The van der Waals surface area contributed by atoms with Crippen molar-refractivity contribution in [1.82, 2.24) is 15.1 Å². The highest BCUT2D eigenvalue weighted by Crippen LogP contribution is 2.02. The standard InChI is InChI=1S/C14H27N3O3/c1-11(2)15-13(18)9-16-5-7-17(8-6-16)10-14(19)20-12(3)4/h11-12H,5-10H2,1-4H3,(H,15,18). The number of hydrogen-bond acceptors (Lipinski definition) is 5. The van der Waals surface area contributed by atoms with Crippen molar-refractivity contribution in [2.45, 2.75) is 39.8 Å². The van der Waals surface area contributed by atoms with Gasteiger partial charge in [-0.05, 0) is 27.7 Å². The van der Waals surface area contributed by atoms with Crippen LogP contribution in [0.15, 0.2) is 0 Å². The van der Waals surface area contributed by atoms with Crippen LogP contribution in [-0.4, -0.2) is 73.1 Å². The Balaban J connectivity index is 2.23. The summed E-state index contributed by atoms with van der Waals surface area (Å²) in [5.41, 5.74) is 0. The largest absolute Gasteiger partial charge is 0.462 e. The molecule has 1 saturated heterocycles. The zero-order valence-corrected chi connectivity index (χ0v) is 13.0. The van der Waals surface area contributed by atoms with Crippen molar-refractivity contribution in [2.24, 2.45) is 0 Å². The minimum absolute atomic E-state index is 0.0627. The molecule has 116 valence electrons. The van der Waals surface area contributed by atoms with Crippen LogP contribution in [0, 0.1) is 0 Å². The minimum Gasteiger partial charge on any atom is -0.462 e. The molecule has 0 bridgehead atoms. The molecule has 1 aliphatic heterocycles. The van der Waals surface area contributed by atoms with Crippen LogP contribution >= 0.6 is 0 Å². The van der Waals surface area contributed by atoms with Gasteiger partial charge in [-0.15, -0.1) is 0 Å². The number of amides is 1. The second kappa shape index (κ2) is 8.21. The Morgan fingerprint density at radius 3 is 1.95 bits per heavy atom. The summed E-state index contributed by atoms with van der Waals surface area (Å²) in [6.45, 7) is 11.6. The number of piperazine rings is 1. The first kappa shape index (κ1) is 16.9. The molecule has 1 amide bonds.